The Hall–Kier alpha value is -1.72. The Bertz CT molecular complexity index is 610. The molecule has 1 aromatic carbocycles. The van der Waals surface area contributed by atoms with Crippen molar-refractivity contribution < 1.29 is 28.2 Å². The molecule has 2 heterocycles. The number of amides is 1. The third kappa shape index (κ3) is 3.23. The molecule has 0 spiro atoms. The molecule has 24 heavy (non-hydrogen) atoms. The molecule has 4 unspecified atom stereocenters. The van der Waals surface area contributed by atoms with Crippen molar-refractivity contribution in [3.63, 3.8) is 0 Å². The molecule has 1 amide bonds. The SMILES string of the molecule is O=C1NC(O)NC2C1C(CO)NN2Cc1ccc(C(F)(F)F)cc1. The van der Waals surface area contributed by atoms with Gasteiger partial charge < -0.3 is 15.5 Å². The number of benzene rings is 1. The van der Waals surface area contributed by atoms with Crippen LogP contribution in [0.4, 0.5) is 13.2 Å². The van der Waals surface area contributed by atoms with Crippen LogP contribution in [0.15, 0.2) is 24.3 Å². The fraction of sp³-hybridized carbons (Fsp3) is 0.500. The van der Waals surface area contributed by atoms with Gasteiger partial charge in [0, 0.05) is 6.54 Å². The maximum atomic E-state index is 12.6. The van der Waals surface area contributed by atoms with Gasteiger partial charge in [-0.3, -0.25) is 10.1 Å². The van der Waals surface area contributed by atoms with Crippen LogP contribution < -0.4 is 16.1 Å². The highest BCUT2D eigenvalue weighted by Gasteiger charge is 2.49. The van der Waals surface area contributed by atoms with Crippen LogP contribution in [0.25, 0.3) is 0 Å². The van der Waals surface area contributed by atoms with E-state index in [1.807, 2.05) is 0 Å². The Morgan fingerprint density at radius 3 is 2.46 bits per heavy atom. The minimum atomic E-state index is -4.40. The zero-order valence-electron chi connectivity index (χ0n) is 12.4. The van der Waals surface area contributed by atoms with Crippen LogP contribution in [0, 0.1) is 5.92 Å². The Balaban J connectivity index is 1.76. The van der Waals surface area contributed by atoms with Gasteiger partial charge in [-0.15, -0.1) is 0 Å². The molecule has 2 saturated heterocycles. The van der Waals surface area contributed by atoms with E-state index in [4.69, 9.17) is 0 Å². The van der Waals surface area contributed by atoms with Gasteiger partial charge in [0.05, 0.1) is 30.3 Å². The number of hydrogen-bond acceptors (Lipinski definition) is 6. The van der Waals surface area contributed by atoms with Crippen LogP contribution in [0.1, 0.15) is 11.1 Å². The van der Waals surface area contributed by atoms with Crippen molar-refractivity contribution in [1.82, 2.24) is 21.1 Å². The normalized spacial score (nSPS) is 31.0. The molecule has 3 rings (SSSR count). The number of halogens is 3. The van der Waals surface area contributed by atoms with Gasteiger partial charge in [-0.05, 0) is 17.7 Å². The number of nitrogens with zero attached hydrogens (tertiary/aromatic N) is 1. The van der Waals surface area contributed by atoms with Crippen molar-refractivity contribution in [3.8, 4) is 0 Å². The number of aliphatic hydroxyl groups is 2. The van der Waals surface area contributed by atoms with Gasteiger partial charge in [0.1, 0.15) is 0 Å². The monoisotopic (exact) mass is 346 g/mol. The summed E-state index contributed by atoms with van der Waals surface area (Å²) in [6, 6.07) is 4.13. The van der Waals surface area contributed by atoms with E-state index in [0.717, 1.165) is 12.1 Å². The lowest BCUT2D eigenvalue weighted by atomic mass is 9.96. The maximum Gasteiger partial charge on any atom is 0.416 e. The van der Waals surface area contributed by atoms with Gasteiger partial charge >= 0.3 is 6.18 Å². The van der Waals surface area contributed by atoms with Crippen molar-refractivity contribution in [2.45, 2.75) is 31.3 Å². The second-order valence-corrected chi connectivity index (χ2v) is 5.79. The Kier molecular flexibility index (Phi) is 4.49. The maximum absolute atomic E-state index is 12.6. The average Bonchev–Trinajstić information content (AvgIpc) is 2.85. The second-order valence-electron chi connectivity index (χ2n) is 5.79. The van der Waals surface area contributed by atoms with Crippen LogP contribution >= 0.6 is 0 Å². The molecule has 0 radical (unpaired) electrons. The van der Waals surface area contributed by atoms with E-state index in [1.165, 1.54) is 12.1 Å². The van der Waals surface area contributed by atoms with Crippen molar-refractivity contribution in [2.75, 3.05) is 6.61 Å². The van der Waals surface area contributed by atoms with Crippen LogP contribution in [0.2, 0.25) is 0 Å². The highest BCUT2D eigenvalue weighted by Crippen LogP contribution is 2.30. The number of carbonyl (C=O) groups excluding carboxylic acids is 1. The molecular formula is C14H17F3N4O3. The van der Waals surface area contributed by atoms with Crippen molar-refractivity contribution in [3.05, 3.63) is 35.4 Å². The smallest absolute Gasteiger partial charge is 0.395 e. The molecule has 0 saturated carbocycles. The predicted octanol–water partition coefficient (Wildman–Crippen LogP) is -0.676. The first kappa shape index (κ1) is 17.1. The minimum absolute atomic E-state index is 0.197. The zero-order valence-corrected chi connectivity index (χ0v) is 12.4. The largest absolute Gasteiger partial charge is 0.416 e. The van der Waals surface area contributed by atoms with Crippen LogP contribution in [0.3, 0.4) is 0 Å². The lowest BCUT2D eigenvalue weighted by molar-refractivity contribution is -0.138. The molecule has 0 aliphatic carbocycles. The van der Waals surface area contributed by atoms with E-state index in [-0.39, 0.29) is 13.2 Å². The molecule has 0 bridgehead atoms. The molecule has 10 heteroatoms. The number of carbonyl (C=O) groups is 1. The highest BCUT2D eigenvalue weighted by atomic mass is 19.4. The molecular weight excluding hydrogens is 329 g/mol. The molecule has 4 atom stereocenters. The van der Waals surface area contributed by atoms with Gasteiger partial charge in [-0.25, -0.2) is 10.4 Å². The first-order valence-electron chi connectivity index (χ1n) is 7.34. The minimum Gasteiger partial charge on any atom is -0.395 e. The number of aliphatic hydroxyl groups excluding tert-OH is 2. The van der Waals surface area contributed by atoms with E-state index >= 15 is 0 Å². The van der Waals surface area contributed by atoms with Gasteiger partial charge in [-0.1, -0.05) is 12.1 Å². The number of hydrazine groups is 1. The fourth-order valence-electron chi connectivity index (χ4n) is 3.04. The quantitative estimate of drug-likeness (QED) is 0.498. The van der Waals surface area contributed by atoms with E-state index in [2.05, 4.69) is 16.1 Å². The van der Waals surface area contributed by atoms with Crippen LogP contribution in [-0.2, 0) is 17.5 Å². The van der Waals surface area contributed by atoms with Crippen LogP contribution in [-0.4, -0.2) is 46.3 Å². The van der Waals surface area contributed by atoms with E-state index in [0.29, 0.717) is 5.56 Å². The Morgan fingerprint density at radius 2 is 1.88 bits per heavy atom. The van der Waals surface area contributed by atoms with Gasteiger partial charge in [0.2, 0.25) is 5.91 Å². The molecule has 0 aromatic heterocycles. The fourth-order valence-corrected chi connectivity index (χ4v) is 3.04. The molecule has 2 aliphatic rings. The van der Waals surface area contributed by atoms with E-state index in [1.54, 1.807) is 5.01 Å². The topological polar surface area (TPSA) is 96.9 Å². The Morgan fingerprint density at radius 1 is 1.21 bits per heavy atom. The molecule has 2 aliphatic heterocycles. The molecule has 1 aromatic rings. The number of fused-ring (bicyclic) bond motifs is 1. The first-order valence-corrected chi connectivity index (χ1v) is 7.34. The summed E-state index contributed by atoms with van der Waals surface area (Å²) in [5, 5.41) is 25.7. The third-order valence-corrected chi connectivity index (χ3v) is 4.18. The van der Waals surface area contributed by atoms with Crippen molar-refractivity contribution >= 4 is 5.91 Å². The molecule has 132 valence electrons. The predicted molar refractivity (Wildman–Crippen MR) is 75.6 cm³/mol. The molecule has 7 nitrogen and oxygen atoms in total. The number of hydrogen-bond donors (Lipinski definition) is 5. The Labute approximate surface area is 135 Å². The summed E-state index contributed by atoms with van der Waals surface area (Å²) in [6.45, 7) is -0.0985. The lowest BCUT2D eigenvalue weighted by Crippen LogP contribution is -2.64. The zero-order chi connectivity index (χ0) is 17.5. The summed E-state index contributed by atoms with van der Waals surface area (Å²) < 4.78 is 37.8. The van der Waals surface area contributed by atoms with Crippen molar-refractivity contribution in [1.29, 1.82) is 0 Å². The summed E-state index contributed by atoms with van der Waals surface area (Å²) in [5.74, 6) is -1.04. The summed E-state index contributed by atoms with van der Waals surface area (Å²) >= 11 is 0. The summed E-state index contributed by atoms with van der Waals surface area (Å²) in [4.78, 5) is 12.0. The van der Waals surface area contributed by atoms with E-state index < -0.39 is 42.1 Å². The highest BCUT2D eigenvalue weighted by molar-refractivity contribution is 5.81. The first-order chi connectivity index (χ1) is 11.3. The average molecular weight is 346 g/mol. The van der Waals surface area contributed by atoms with Gasteiger partial charge in [0.25, 0.3) is 0 Å². The van der Waals surface area contributed by atoms with Gasteiger partial charge in [0.15, 0.2) is 6.35 Å². The van der Waals surface area contributed by atoms with Gasteiger partial charge in [-0.2, -0.15) is 13.2 Å². The van der Waals surface area contributed by atoms with E-state index in [9.17, 15) is 28.2 Å². The second kappa shape index (κ2) is 6.30. The number of nitrogens with one attached hydrogen (secondary N) is 3. The third-order valence-electron chi connectivity index (χ3n) is 4.18. The molecule has 5 N–H and O–H groups in total. The summed E-state index contributed by atoms with van der Waals surface area (Å²) in [6.07, 6.45) is -6.22. The number of alkyl halides is 3. The summed E-state index contributed by atoms with van der Waals surface area (Å²) in [5.41, 5.74) is 2.81. The van der Waals surface area contributed by atoms with Crippen molar-refractivity contribution in [2.24, 2.45) is 5.92 Å². The molecule has 2 fully saturated rings. The lowest BCUT2D eigenvalue weighted by Gasteiger charge is -2.34. The standard InChI is InChI=1S/C14H17F3N4O3/c15-14(16,17)8-3-1-7(2-4-8)5-21-11-10(9(6-22)20-21)12(23)19-13(24)18-11/h1-4,9-11,13,18,20,22,24H,5-6H2,(H,19,23). The van der Waals surface area contributed by atoms with Crippen LogP contribution in [0.5, 0.6) is 0 Å². The summed E-state index contributed by atoms with van der Waals surface area (Å²) in [7, 11) is 0. The number of rotatable bonds is 3.